The summed E-state index contributed by atoms with van der Waals surface area (Å²) in [6.07, 6.45) is 3.05. The van der Waals surface area contributed by atoms with Gasteiger partial charge in [-0.15, -0.1) is 0 Å². The Morgan fingerprint density at radius 3 is 2.88 bits per heavy atom. The van der Waals surface area contributed by atoms with E-state index in [1.54, 1.807) is 18.3 Å². The average molecular weight is 233 g/mol. The van der Waals surface area contributed by atoms with Crippen molar-refractivity contribution in [1.82, 2.24) is 4.98 Å². The van der Waals surface area contributed by atoms with Crippen molar-refractivity contribution in [2.45, 2.75) is 0 Å². The first-order valence-corrected chi connectivity index (χ1v) is 5.10. The van der Waals surface area contributed by atoms with Crippen LogP contribution in [0.25, 0.3) is 10.8 Å². The molecule has 2 rings (SSSR count). The van der Waals surface area contributed by atoms with E-state index in [1.165, 1.54) is 12.3 Å². The lowest BCUT2D eigenvalue weighted by molar-refractivity contribution is -0.383. The fourth-order valence-corrected chi connectivity index (χ4v) is 1.68. The second kappa shape index (κ2) is 4.75. The first-order valence-electron chi connectivity index (χ1n) is 5.10. The molecule has 0 bridgehead atoms. The van der Waals surface area contributed by atoms with Gasteiger partial charge in [-0.25, -0.2) is 0 Å². The lowest BCUT2D eigenvalue weighted by Gasteiger charge is -2.08. The maximum Gasteiger partial charge on any atom is 0.278 e. The number of benzene rings is 1. The van der Waals surface area contributed by atoms with Gasteiger partial charge in [-0.1, -0.05) is 0 Å². The van der Waals surface area contributed by atoms with E-state index in [0.29, 0.717) is 11.9 Å². The van der Waals surface area contributed by atoms with Gasteiger partial charge in [0.2, 0.25) is 0 Å². The molecule has 0 unspecified atom stereocenters. The second-order valence-electron chi connectivity index (χ2n) is 3.46. The first-order chi connectivity index (χ1) is 8.24. The smallest absolute Gasteiger partial charge is 0.278 e. The molecule has 1 aromatic carbocycles. The summed E-state index contributed by atoms with van der Waals surface area (Å²) in [6, 6.07) is 4.78. The van der Waals surface area contributed by atoms with Crippen molar-refractivity contribution in [2.24, 2.45) is 0 Å². The Labute approximate surface area is 97.1 Å². The van der Waals surface area contributed by atoms with Crippen LogP contribution in [0.2, 0.25) is 0 Å². The van der Waals surface area contributed by atoms with E-state index < -0.39 is 4.92 Å². The minimum Gasteiger partial charge on any atom is -0.395 e. The van der Waals surface area contributed by atoms with Crippen molar-refractivity contribution in [3.63, 3.8) is 0 Å². The number of nitro benzene ring substituents is 1. The van der Waals surface area contributed by atoms with Crippen molar-refractivity contribution < 1.29 is 10.0 Å². The van der Waals surface area contributed by atoms with E-state index in [1.807, 2.05) is 0 Å². The normalized spacial score (nSPS) is 10.4. The van der Waals surface area contributed by atoms with E-state index in [9.17, 15) is 10.1 Å². The highest BCUT2D eigenvalue weighted by atomic mass is 16.6. The van der Waals surface area contributed by atoms with Crippen LogP contribution >= 0.6 is 0 Å². The molecule has 0 aliphatic heterocycles. The third kappa shape index (κ3) is 2.16. The second-order valence-corrected chi connectivity index (χ2v) is 3.46. The van der Waals surface area contributed by atoms with Gasteiger partial charge in [0, 0.05) is 36.1 Å². The standard InChI is InChI=1S/C11H11N3O3/c15-6-5-13-10-1-2-11(14(16)17)9-7-12-4-3-8(9)10/h1-4,7,13,15H,5-6H2. The molecule has 0 saturated heterocycles. The predicted octanol–water partition coefficient (Wildman–Crippen LogP) is 1.55. The van der Waals surface area contributed by atoms with Gasteiger partial charge in [0.05, 0.1) is 16.9 Å². The van der Waals surface area contributed by atoms with Gasteiger partial charge in [-0.2, -0.15) is 0 Å². The molecule has 0 aliphatic carbocycles. The number of pyridine rings is 1. The summed E-state index contributed by atoms with van der Waals surface area (Å²) in [5.41, 5.74) is 0.782. The number of nitro groups is 1. The molecule has 2 N–H and O–H groups in total. The predicted molar refractivity (Wildman–Crippen MR) is 64.0 cm³/mol. The summed E-state index contributed by atoms with van der Waals surface area (Å²) in [4.78, 5) is 14.3. The van der Waals surface area contributed by atoms with Crippen LogP contribution in [0.4, 0.5) is 11.4 Å². The molecule has 0 aliphatic rings. The van der Waals surface area contributed by atoms with E-state index in [2.05, 4.69) is 10.3 Å². The highest BCUT2D eigenvalue weighted by Gasteiger charge is 2.13. The van der Waals surface area contributed by atoms with E-state index >= 15 is 0 Å². The lowest BCUT2D eigenvalue weighted by atomic mass is 10.1. The van der Waals surface area contributed by atoms with Gasteiger partial charge >= 0.3 is 0 Å². The number of hydrogen-bond donors (Lipinski definition) is 2. The molecule has 2 aromatic rings. The Balaban J connectivity index is 2.58. The zero-order valence-corrected chi connectivity index (χ0v) is 8.96. The number of nitrogens with one attached hydrogen (secondary N) is 1. The molecule has 1 heterocycles. The van der Waals surface area contributed by atoms with Crippen LogP contribution in [-0.4, -0.2) is 28.2 Å². The molecule has 88 valence electrons. The van der Waals surface area contributed by atoms with Crippen LogP contribution in [0.1, 0.15) is 0 Å². The third-order valence-corrected chi connectivity index (χ3v) is 2.42. The summed E-state index contributed by atoms with van der Waals surface area (Å²) in [5, 5.41) is 23.8. The molecule has 0 spiro atoms. The number of fused-ring (bicyclic) bond motifs is 1. The van der Waals surface area contributed by atoms with Crippen LogP contribution < -0.4 is 5.32 Å². The van der Waals surface area contributed by atoms with Crippen molar-refractivity contribution >= 4 is 22.1 Å². The summed E-state index contributed by atoms with van der Waals surface area (Å²) in [5.74, 6) is 0. The minimum absolute atomic E-state index is 0.00354. The number of anilines is 1. The highest BCUT2D eigenvalue weighted by molar-refractivity contribution is 5.99. The molecule has 6 nitrogen and oxygen atoms in total. The maximum absolute atomic E-state index is 10.9. The summed E-state index contributed by atoms with van der Waals surface area (Å²) in [7, 11) is 0. The molecule has 17 heavy (non-hydrogen) atoms. The molecule has 0 atom stereocenters. The fraction of sp³-hybridized carbons (Fsp3) is 0.182. The zero-order valence-electron chi connectivity index (χ0n) is 8.96. The molecule has 0 amide bonds. The molecule has 1 aromatic heterocycles. The SMILES string of the molecule is O=[N+]([O-])c1ccc(NCCO)c2ccncc12. The molecular weight excluding hydrogens is 222 g/mol. The topological polar surface area (TPSA) is 88.3 Å². The number of aliphatic hydroxyl groups is 1. The number of nitrogens with zero attached hydrogens (tertiary/aromatic N) is 2. The van der Waals surface area contributed by atoms with Crippen LogP contribution in [0, 0.1) is 10.1 Å². The number of hydrogen-bond acceptors (Lipinski definition) is 5. The van der Waals surface area contributed by atoms with Crippen molar-refractivity contribution in [2.75, 3.05) is 18.5 Å². The highest BCUT2D eigenvalue weighted by Crippen LogP contribution is 2.30. The van der Waals surface area contributed by atoms with Crippen molar-refractivity contribution in [3.8, 4) is 0 Å². The van der Waals surface area contributed by atoms with Gasteiger partial charge in [0.25, 0.3) is 5.69 Å². The fourth-order valence-electron chi connectivity index (χ4n) is 1.68. The zero-order chi connectivity index (χ0) is 12.3. The van der Waals surface area contributed by atoms with E-state index in [-0.39, 0.29) is 12.3 Å². The summed E-state index contributed by atoms with van der Waals surface area (Å²) in [6.45, 7) is 0.402. The Morgan fingerprint density at radius 2 is 2.18 bits per heavy atom. The molecule has 0 saturated carbocycles. The van der Waals surface area contributed by atoms with Crippen LogP contribution in [0.3, 0.4) is 0 Å². The largest absolute Gasteiger partial charge is 0.395 e. The molecular formula is C11H11N3O3. The number of aromatic nitrogens is 1. The summed E-state index contributed by atoms with van der Waals surface area (Å²) < 4.78 is 0. The van der Waals surface area contributed by atoms with Gasteiger partial charge in [-0.05, 0) is 12.1 Å². The van der Waals surface area contributed by atoms with E-state index in [4.69, 9.17) is 5.11 Å². The van der Waals surface area contributed by atoms with Gasteiger partial charge in [0.15, 0.2) is 0 Å². The third-order valence-electron chi connectivity index (χ3n) is 2.42. The Morgan fingerprint density at radius 1 is 1.35 bits per heavy atom. The number of non-ortho nitro benzene ring substituents is 1. The Kier molecular flexibility index (Phi) is 3.15. The van der Waals surface area contributed by atoms with Crippen LogP contribution in [0.5, 0.6) is 0 Å². The quantitative estimate of drug-likeness (QED) is 0.617. The monoisotopic (exact) mass is 233 g/mol. The van der Waals surface area contributed by atoms with Gasteiger partial charge < -0.3 is 10.4 Å². The van der Waals surface area contributed by atoms with Crippen LogP contribution in [0.15, 0.2) is 30.6 Å². The molecule has 0 radical (unpaired) electrons. The van der Waals surface area contributed by atoms with Crippen molar-refractivity contribution in [3.05, 3.63) is 40.7 Å². The average Bonchev–Trinajstić information content (AvgIpc) is 2.35. The molecule has 6 heteroatoms. The van der Waals surface area contributed by atoms with E-state index in [0.717, 1.165) is 11.1 Å². The Bertz CT molecular complexity index is 557. The number of aliphatic hydroxyl groups excluding tert-OH is 1. The Hall–Kier alpha value is -2.21. The van der Waals surface area contributed by atoms with Crippen molar-refractivity contribution in [1.29, 1.82) is 0 Å². The van der Waals surface area contributed by atoms with Gasteiger partial charge in [0.1, 0.15) is 0 Å². The number of rotatable bonds is 4. The maximum atomic E-state index is 10.9. The van der Waals surface area contributed by atoms with Gasteiger partial charge in [-0.3, -0.25) is 15.1 Å². The minimum atomic E-state index is -0.431. The first kappa shape index (κ1) is 11.3. The lowest BCUT2D eigenvalue weighted by Crippen LogP contribution is -2.06. The summed E-state index contributed by atoms with van der Waals surface area (Å²) >= 11 is 0. The molecule has 0 fully saturated rings. The van der Waals surface area contributed by atoms with Crippen LogP contribution in [-0.2, 0) is 0 Å².